The molecule has 8 aromatic rings. The predicted molar refractivity (Wildman–Crippen MR) is 160 cm³/mol. The molecule has 0 radical (unpaired) electrons. The van der Waals surface area contributed by atoms with E-state index in [0.717, 1.165) is 44.4 Å². The van der Waals surface area contributed by atoms with E-state index < -0.39 is 0 Å². The number of benzene rings is 3. The number of nitrogens with zero attached hydrogens (tertiary/aromatic N) is 5. The zero-order chi connectivity index (χ0) is 25.8. The Labute approximate surface area is 227 Å². The lowest BCUT2D eigenvalue weighted by molar-refractivity contribution is 1.16. The van der Waals surface area contributed by atoms with Crippen molar-refractivity contribution < 1.29 is 0 Å². The third-order valence-corrected chi connectivity index (χ3v) is 8.31. The van der Waals surface area contributed by atoms with Gasteiger partial charge in [0.1, 0.15) is 0 Å². The second-order valence-electron chi connectivity index (χ2n) is 9.38. The number of rotatable bonds is 3. The molecule has 0 saturated heterocycles. The Morgan fingerprint density at radius 1 is 0.538 bits per heavy atom. The molecule has 8 rings (SSSR count). The first kappa shape index (κ1) is 22.0. The highest BCUT2D eigenvalue weighted by atomic mass is 32.1. The molecule has 6 heteroatoms. The maximum absolute atomic E-state index is 5.21. The second kappa shape index (κ2) is 8.75. The smallest absolute Gasteiger partial charge is 0.161 e. The van der Waals surface area contributed by atoms with Crippen LogP contribution in [-0.4, -0.2) is 24.9 Å². The summed E-state index contributed by atoms with van der Waals surface area (Å²) in [4.78, 5) is 23.7. The maximum atomic E-state index is 5.21. The van der Waals surface area contributed by atoms with Crippen LogP contribution in [0.3, 0.4) is 0 Å². The molecule has 5 heterocycles. The van der Waals surface area contributed by atoms with E-state index in [4.69, 9.17) is 15.0 Å². The van der Waals surface area contributed by atoms with Crippen LogP contribution in [0.4, 0.5) is 0 Å². The zero-order valence-corrected chi connectivity index (χ0v) is 21.4. The average Bonchev–Trinajstić information content (AvgIpc) is 3.40. The molecule has 0 spiro atoms. The van der Waals surface area contributed by atoms with E-state index in [1.165, 1.54) is 25.6 Å². The van der Waals surface area contributed by atoms with Crippen LogP contribution < -0.4 is 0 Å². The normalized spacial score (nSPS) is 11.6. The molecule has 0 atom stereocenters. The van der Waals surface area contributed by atoms with Gasteiger partial charge in [0, 0.05) is 84.0 Å². The Morgan fingerprint density at radius 3 is 2.10 bits per heavy atom. The van der Waals surface area contributed by atoms with Gasteiger partial charge in [-0.25, -0.2) is 15.0 Å². The van der Waals surface area contributed by atoms with Crippen molar-refractivity contribution in [3.63, 3.8) is 0 Å². The van der Waals surface area contributed by atoms with Crippen molar-refractivity contribution in [1.82, 2.24) is 24.9 Å². The summed E-state index contributed by atoms with van der Waals surface area (Å²) in [5.41, 5.74) is 5.23. The Balaban J connectivity index is 1.49. The molecule has 0 aliphatic rings. The van der Waals surface area contributed by atoms with E-state index in [9.17, 15) is 0 Å². The summed E-state index contributed by atoms with van der Waals surface area (Å²) in [5, 5.41) is 5.98. The number of hydrogen-bond donors (Lipinski definition) is 0. The van der Waals surface area contributed by atoms with Crippen LogP contribution in [0.1, 0.15) is 0 Å². The van der Waals surface area contributed by atoms with E-state index >= 15 is 0 Å². The second-order valence-corrected chi connectivity index (χ2v) is 10.4. The van der Waals surface area contributed by atoms with Gasteiger partial charge in [0.2, 0.25) is 0 Å². The number of aromatic nitrogens is 5. The largest absolute Gasteiger partial charge is 0.264 e. The fourth-order valence-corrected chi connectivity index (χ4v) is 6.60. The first-order valence-corrected chi connectivity index (χ1v) is 13.5. The molecule has 39 heavy (non-hydrogen) atoms. The van der Waals surface area contributed by atoms with Crippen LogP contribution in [0.25, 0.3) is 75.8 Å². The Bertz CT molecular complexity index is 2170. The SMILES string of the molecule is c1cncc(-c2ncc(-c3nc4ccccc4c4c3ccc3c5ccccc5sc34)c(-c3cccnc3)n2)c1. The van der Waals surface area contributed by atoms with Crippen molar-refractivity contribution >= 4 is 53.2 Å². The molecular formula is C33H19N5S. The van der Waals surface area contributed by atoms with Crippen molar-refractivity contribution in [2.45, 2.75) is 0 Å². The fourth-order valence-electron chi connectivity index (χ4n) is 5.33. The van der Waals surface area contributed by atoms with Crippen molar-refractivity contribution in [2.75, 3.05) is 0 Å². The van der Waals surface area contributed by atoms with Crippen molar-refractivity contribution in [3.05, 3.63) is 116 Å². The van der Waals surface area contributed by atoms with Gasteiger partial charge in [-0.15, -0.1) is 11.3 Å². The minimum Gasteiger partial charge on any atom is -0.264 e. The van der Waals surface area contributed by atoms with Crippen LogP contribution >= 0.6 is 11.3 Å². The van der Waals surface area contributed by atoms with Crippen LogP contribution in [0.15, 0.2) is 116 Å². The minimum atomic E-state index is 0.614. The van der Waals surface area contributed by atoms with Crippen LogP contribution in [0, 0.1) is 0 Å². The molecule has 0 N–H and O–H groups in total. The number of para-hydroxylation sites is 1. The standard InChI is InChI=1S/C33H19N5S/c1-3-11-27-24(10-1)29-25(14-13-23-22-9-2-4-12-28(22)39-32(23)29)31(37-27)26-19-36-33(21-8-6-16-35-18-21)38-30(26)20-7-5-15-34-17-20/h1-19H. The van der Waals surface area contributed by atoms with Gasteiger partial charge in [0.25, 0.3) is 0 Å². The molecule has 5 aromatic heterocycles. The number of pyridine rings is 3. The zero-order valence-electron chi connectivity index (χ0n) is 20.6. The van der Waals surface area contributed by atoms with E-state index in [1.807, 2.05) is 54.1 Å². The number of hydrogen-bond acceptors (Lipinski definition) is 6. The van der Waals surface area contributed by atoms with Gasteiger partial charge in [-0.1, -0.05) is 48.5 Å². The molecule has 0 aliphatic heterocycles. The van der Waals surface area contributed by atoms with E-state index in [1.54, 1.807) is 18.6 Å². The molecule has 0 amide bonds. The van der Waals surface area contributed by atoms with E-state index in [0.29, 0.717) is 5.82 Å². The van der Waals surface area contributed by atoms with Gasteiger partial charge >= 0.3 is 0 Å². The summed E-state index contributed by atoms with van der Waals surface area (Å²) >= 11 is 1.83. The molecule has 0 unspecified atom stereocenters. The van der Waals surface area contributed by atoms with E-state index in [2.05, 4.69) is 64.6 Å². The summed E-state index contributed by atoms with van der Waals surface area (Å²) in [6, 6.07) is 29.2. The molecule has 3 aromatic carbocycles. The lowest BCUT2D eigenvalue weighted by Gasteiger charge is -2.14. The Morgan fingerprint density at radius 2 is 1.28 bits per heavy atom. The maximum Gasteiger partial charge on any atom is 0.161 e. The van der Waals surface area contributed by atoms with Crippen molar-refractivity contribution in [1.29, 1.82) is 0 Å². The molecule has 5 nitrogen and oxygen atoms in total. The summed E-state index contributed by atoms with van der Waals surface area (Å²) in [7, 11) is 0. The van der Waals surface area contributed by atoms with Gasteiger partial charge in [-0.3, -0.25) is 9.97 Å². The van der Waals surface area contributed by atoms with Crippen molar-refractivity contribution in [2.24, 2.45) is 0 Å². The Hall–Kier alpha value is -5.07. The first-order valence-electron chi connectivity index (χ1n) is 12.7. The van der Waals surface area contributed by atoms with Gasteiger partial charge in [0.15, 0.2) is 5.82 Å². The lowest BCUT2D eigenvalue weighted by atomic mass is 9.96. The van der Waals surface area contributed by atoms with Crippen LogP contribution in [-0.2, 0) is 0 Å². The topological polar surface area (TPSA) is 64.5 Å². The van der Waals surface area contributed by atoms with Gasteiger partial charge in [-0.2, -0.15) is 0 Å². The quantitative estimate of drug-likeness (QED) is 0.220. The van der Waals surface area contributed by atoms with E-state index in [-0.39, 0.29) is 0 Å². The summed E-state index contributed by atoms with van der Waals surface area (Å²) in [6.07, 6.45) is 9.04. The Kier molecular flexibility index (Phi) is 4.93. The summed E-state index contributed by atoms with van der Waals surface area (Å²) < 4.78 is 2.55. The predicted octanol–water partition coefficient (Wildman–Crippen LogP) is 8.34. The average molecular weight is 518 g/mol. The molecule has 182 valence electrons. The molecule has 0 aliphatic carbocycles. The summed E-state index contributed by atoms with van der Waals surface area (Å²) in [6.45, 7) is 0. The minimum absolute atomic E-state index is 0.614. The molecule has 0 saturated carbocycles. The highest BCUT2D eigenvalue weighted by Gasteiger charge is 2.20. The highest BCUT2D eigenvalue weighted by Crippen LogP contribution is 2.44. The van der Waals surface area contributed by atoms with Gasteiger partial charge < -0.3 is 0 Å². The van der Waals surface area contributed by atoms with Crippen LogP contribution in [0.5, 0.6) is 0 Å². The number of fused-ring (bicyclic) bond motifs is 7. The van der Waals surface area contributed by atoms with Crippen LogP contribution in [0.2, 0.25) is 0 Å². The van der Waals surface area contributed by atoms with Gasteiger partial charge in [-0.05, 0) is 36.4 Å². The third-order valence-electron chi connectivity index (χ3n) is 7.11. The third kappa shape index (κ3) is 3.50. The number of thiophene rings is 1. The van der Waals surface area contributed by atoms with Gasteiger partial charge in [0.05, 0.1) is 16.9 Å². The van der Waals surface area contributed by atoms with Crippen molar-refractivity contribution in [3.8, 4) is 33.9 Å². The monoisotopic (exact) mass is 517 g/mol. The summed E-state index contributed by atoms with van der Waals surface area (Å²) in [5.74, 6) is 0.614. The molecular weight excluding hydrogens is 498 g/mol. The molecule has 0 bridgehead atoms. The highest BCUT2D eigenvalue weighted by molar-refractivity contribution is 7.26. The fraction of sp³-hybridized carbons (Fsp3) is 0. The molecule has 0 fully saturated rings. The lowest BCUT2D eigenvalue weighted by Crippen LogP contribution is -1.99. The first-order chi connectivity index (χ1) is 19.3.